The molecule has 0 radical (unpaired) electrons. The maximum atomic E-state index is 12.8. The highest BCUT2D eigenvalue weighted by atomic mass is 16.6. The van der Waals surface area contributed by atoms with Gasteiger partial charge in [-0.3, -0.25) is 9.48 Å². The Hall–Kier alpha value is -3.10. The van der Waals surface area contributed by atoms with Crippen molar-refractivity contribution in [1.29, 1.82) is 0 Å². The summed E-state index contributed by atoms with van der Waals surface area (Å²) in [7, 11) is 3.68. The fourth-order valence-electron chi connectivity index (χ4n) is 5.50. The molecule has 0 bridgehead atoms. The third-order valence-corrected chi connectivity index (χ3v) is 8.02. The highest BCUT2D eigenvalue weighted by molar-refractivity contribution is 5.70. The second-order valence-electron chi connectivity index (χ2n) is 10.3. The van der Waals surface area contributed by atoms with Gasteiger partial charge in [0.2, 0.25) is 0 Å². The molecule has 9 nitrogen and oxygen atoms in total. The molecule has 0 saturated heterocycles. The van der Waals surface area contributed by atoms with Crippen LogP contribution in [0.3, 0.4) is 0 Å². The Morgan fingerprint density at radius 3 is 2.66 bits per heavy atom. The molecule has 3 fully saturated rings. The Balaban J connectivity index is 1.25. The van der Waals surface area contributed by atoms with Crippen molar-refractivity contribution in [3.05, 3.63) is 29.7 Å². The number of carbonyl (C=O) groups excluding carboxylic acids is 1. The highest BCUT2D eigenvalue weighted by Gasteiger charge is 2.58. The molecular weight excluding hydrogens is 448 g/mol. The van der Waals surface area contributed by atoms with E-state index in [1.54, 1.807) is 15.8 Å². The molecule has 0 spiro atoms. The number of nitrogens with zero attached hydrogens (tertiary/aromatic N) is 4. The van der Waals surface area contributed by atoms with Gasteiger partial charge < -0.3 is 19.5 Å². The lowest BCUT2D eigenvalue weighted by molar-refractivity contribution is -0.143. The van der Waals surface area contributed by atoms with Gasteiger partial charge in [-0.2, -0.15) is 5.10 Å². The van der Waals surface area contributed by atoms with Gasteiger partial charge in [-0.05, 0) is 76.3 Å². The Labute approximate surface area is 205 Å². The van der Waals surface area contributed by atoms with E-state index in [1.165, 1.54) is 12.8 Å². The first-order chi connectivity index (χ1) is 16.8. The number of carbonyl (C=O) groups is 2. The molecule has 3 saturated carbocycles. The molecule has 2 atom stereocenters. The number of amides is 1. The van der Waals surface area contributed by atoms with Gasteiger partial charge in [-0.25, -0.2) is 9.78 Å². The molecule has 1 N–H and O–H groups in total. The standard InChI is InChI=1S/C26H34N4O5/c1-16-23(35-19-6-4-5-17(13-19)24(31)32)10-9-21(28-16)20-14-27-30(3)22(20)15-34-25(33)29(2)26(11-12-26)18-7-8-18/h9-10,14,17-19H,4-8,11-13,15H2,1-3H3,(H,31,32)/t17?,19-/m0/s1. The molecule has 0 aromatic carbocycles. The minimum absolute atomic E-state index is 0.0175. The predicted molar refractivity (Wildman–Crippen MR) is 128 cm³/mol. The molecule has 0 aliphatic heterocycles. The number of carboxylic acid groups (broad SMARTS) is 1. The van der Waals surface area contributed by atoms with Crippen molar-refractivity contribution in [2.45, 2.75) is 76.5 Å². The van der Waals surface area contributed by atoms with E-state index >= 15 is 0 Å². The molecule has 9 heteroatoms. The average Bonchev–Trinajstić information content (AvgIpc) is 3.76. The molecule has 3 aliphatic rings. The van der Waals surface area contributed by atoms with Crippen LogP contribution in [-0.2, 0) is 23.2 Å². The second kappa shape index (κ2) is 9.17. The molecule has 1 amide bonds. The second-order valence-corrected chi connectivity index (χ2v) is 10.3. The van der Waals surface area contributed by atoms with E-state index < -0.39 is 5.97 Å². The summed E-state index contributed by atoms with van der Waals surface area (Å²) in [6.45, 7) is 2.00. The third kappa shape index (κ3) is 4.73. The van der Waals surface area contributed by atoms with Crippen molar-refractivity contribution in [2.24, 2.45) is 18.9 Å². The van der Waals surface area contributed by atoms with E-state index in [1.807, 2.05) is 33.2 Å². The molecule has 2 aromatic rings. The molecule has 2 heterocycles. The normalized spacial score (nSPS) is 22.9. The van der Waals surface area contributed by atoms with Crippen molar-refractivity contribution in [1.82, 2.24) is 19.7 Å². The fourth-order valence-corrected chi connectivity index (χ4v) is 5.50. The maximum absolute atomic E-state index is 12.8. The quantitative estimate of drug-likeness (QED) is 0.597. The molecule has 188 valence electrons. The number of aryl methyl sites for hydroxylation is 2. The number of ether oxygens (including phenoxy) is 2. The van der Waals surface area contributed by atoms with E-state index in [0.717, 1.165) is 48.3 Å². The minimum atomic E-state index is -0.751. The number of aromatic nitrogens is 3. The lowest BCUT2D eigenvalue weighted by atomic mass is 9.87. The summed E-state index contributed by atoms with van der Waals surface area (Å²) in [5, 5.41) is 13.7. The van der Waals surface area contributed by atoms with Crippen LogP contribution in [0.15, 0.2) is 18.3 Å². The topological polar surface area (TPSA) is 107 Å². The van der Waals surface area contributed by atoms with Crippen molar-refractivity contribution in [2.75, 3.05) is 7.05 Å². The van der Waals surface area contributed by atoms with E-state index in [0.29, 0.717) is 24.5 Å². The van der Waals surface area contributed by atoms with Crippen LogP contribution in [0, 0.1) is 18.8 Å². The highest BCUT2D eigenvalue weighted by Crippen LogP contribution is 2.57. The predicted octanol–water partition coefficient (Wildman–Crippen LogP) is 4.32. The third-order valence-electron chi connectivity index (χ3n) is 8.02. The van der Waals surface area contributed by atoms with Crippen LogP contribution in [0.5, 0.6) is 5.75 Å². The number of rotatable bonds is 8. The van der Waals surface area contributed by atoms with Crippen LogP contribution in [0.4, 0.5) is 4.79 Å². The Morgan fingerprint density at radius 2 is 2.00 bits per heavy atom. The summed E-state index contributed by atoms with van der Waals surface area (Å²) in [4.78, 5) is 30.7. The zero-order valence-electron chi connectivity index (χ0n) is 20.7. The van der Waals surface area contributed by atoms with Crippen LogP contribution < -0.4 is 4.74 Å². The number of pyridine rings is 1. The van der Waals surface area contributed by atoms with Crippen LogP contribution in [0.25, 0.3) is 11.3 Å². The van der Waals surface area contributed by atoms with Gasteiger partial charge in [0.1, 0.15) is 12.4 Å². The minimum Gasteiger partial charge on any atom is -0.489 e. The van der Waals surface area contributed by atoms with Crippen molar-refractivity contribution >= 4 is 12.1 Å². The number of carboxylic acids is 1. The summed E-state index contributed by atoms with van der Waals surface area (Å²) in [6.07, 6.45) is 8.78. The van der Waals surface area contributed by atoms with Crippen LogP contribution >= 0.6 is 0 Å². The summed E-state index contributed by atoms with van der Waals surface area (Å²) in [6, 6.07) is 3.76. The van der Waals surface area contributed by atoms with Gasteiger partial charge in [0.05, 0.1) is 35.3 Å². The fraction of sp³-hybridized carbons (Fsp3) is 0.615. The first kappa shape index (κ1) is 23.6. The summed E-state index contributed by atoms with van der Waals surface area (Å²) >= 11 is 0. The lowest BCUT2D eigenvalue weighted by Gasteiger charge is -2.27. The monoisotopic (exact) mass is 482 g/mol. The van der Waals surface area contributed by atoms with Gasteiger partial charge in [0, 0.05) is 25.2 Å². The smallest absolute Gasteiger partial charge is 0.410 e. The van der Waals surface area contributed by atoms with Crippen LogP contribution in [-0.4, -0.2) is 55.5 Å². The van der Waals surface area contributed by atoms with Crippen LogP contribution in [0.2, 0.25) is 0 Å². The molecule has 1 unspecified atom stereocenters. The molecule has 2 aromatic heterocycles. The van der Waals surface area contributed by atoms with Gasteiger partial charge in [-0.1, -0.05) is 0 Å². The number of hydrogen-bond donors (Lipinski definition) is 1. The first-order valence-corrected chi connectivity index (χ1v) is 12.6. The SMILES string of the molecule is Cc1nc(-c2cnn(C)c2COC(=O)N(C)C2(C3CC3)CC2)ccc1O[C@H]1CCCC(C(=O)O)C1. The maximum Gasteiger partial charge on any atom is 0.410 e. The Morgan fingerprint density at radius 1 is 1.23 bits per heavy atom. The zero-order chi connectivity index (χ0) is 24.7. The zero-order valence-corrected chi connectivity index (χ0v) is 20.7. The van der Waals surface area contributed by atoms with Crippen molar-refractivity contribution in [3.63, 3.8) is 0 Å². The van der Waals surface area contributed by atoms with Gasteiger partial charge >= 0.3 is 12.1 Å². The molecule has 35 heavy (non-hydrogen) atoms. The lowest BCUT2D eigenvalue weighted by Crippen LogP contribution is -2.40. The number of aliphatic carboxylic acids is 1. The molecule has 3 aliphatic carbocycles. The van der Waals surface area contributed by atoms with Crippen molar-refractivity contribution < 1.29 is 24.2 Å². The van der Waals surface area contributed by atoms with Crippen molar-refractivity contribution in [3.8, 4) is 17.0 Å². The molecular formula is C26H34N4O5. The summed E-state index contributed by atoms with van der Waals surface area (Å²) in [5.74, 6) is 0.196. The van der Waals surface area contributed by atoms with Crippen LogP contribution in [0.1, 0.15) is 62.8 Å². The van der Waals surface area contributed by atoms with E-state index in [-0.39, 0.29) is 30.3 Å². The summed E-state index contributed by atoms with van der Waals surface area (Å²) in [5.41, 5.74) is 3.06. The Bertz CT molecular complexity index is 1120. The average molecular weight is 483 g/mol. The number of hydrogen-bond acceptors (Lipinski definition) is 6. The largest absolute Gasteiger partial charge is 0.489 e. The Kier molecular flexibility index (Phi) is 6.19. The van der Waals surface area contributed by atoms with E-state index in [9.17, 15) is 14.7 Å². The molecule has 5 rings (SSSR count). The van der Waals surface area contributed by atoms with E-state index in [4.69, 9.17) is 14.5 Å². The van der Waals surface area contributed by atoms with Gasteiger partial charge in [0.15, 0.2) is 0 Å². The summed E-state index contributed by atoms with van der Waals surface area (Å²) < 4.78 is 13.6. The van der Waals surface area contributed by atoms with Gasteiger partial charge in [-0.15, -0.1) is 0 Å². The van der Waals surface area contributed by atoms with E-state index in [2.05, 4.69) is 5.10 Å². The first-order valence-electron chi connectivity index (χ1n) is 12.6. The van der Waals surface area contributed by atoms with Gasteiger partial charge in [0.25, 0.3) is 0 Å².